The van der Waals surface area contributed by atoms with E-state index < -0.39 is 27.4 Å². The largest absolute Gasteiger partial charge is 0.490 e. The van der Waals surface area contributed by atoms with Crippen LogP contribution in [-0.4, -0.2) is 31.9 Å². The molecule has 0 atom stereocenters. The van der Waals surface area contributed by atoms with E-state index in [1.165, 1.54) is 10.4 Å². The predicted octanol–water partition coefficient (Wildman–Crippen LogP) is 3.20. The number of piperidine rings is 1. The lowest BCUT2D eigenvalue weighted by atomic mass is 10.1. The normalized spacial score (nSPS) is 16.9. The average molecular weight is 417 g/mol. The monoisotopic (exact) mass is 417 g/mol. The Morgan fingerprint density at radius 1 is 1.11 bits per heavy atom. The second kappa shape index (κ2) is 7.59. The van der Waals surface area contributed by atoms with Crippen molar-refractivity contribution >= 4 is 10.0 Å². The van der Waals surface area contributed by atoms with Crippen LogP contribution in [0.4, 0.5) is 13.2 Å². The number of alkyl halides is 3. The van der Waals surface area contributed by atoms with Gasteiger partial charge in [0.15, 0.2) is 0 Å². The molecule has 0 unspecified atom stereocenters. The van der Waals surface area contributed by atoms with Gasteiger partial charge in [-0.25, -0.2) is 13.2 Å². The summed E-state index contributed by atoms with van der Waals surface area (Å²) in [4.78, 5) is 11.2. The van der Waals surface area contributed by atoms with Crippen molar-refractivity contribution in [2.45, 2.75) is 36.9 Å². The fourth-order valence-electron chi connectivity index (χ4n) is 2.99. The van der Waals surface area contributed by atoms with Crippen molar-refractivity contribution in [1.82, 2.24) is 4.31 Å². The number of ether oxygens (including phenoxy) is 1. The van der Waals surface area contributed by atoms with Gasteiger partial charge in [-0.2, -0.15) is 17.5 Å². The van der Waals surface area contributed by atoms with Crippen molar-refractivity contribution in [3.8, 4) is 5.75 Å². The summed E-state index contributed by atoms with van der Waals surface area (Å²) >= 11 is 0. The summed E-state index contributed by atoms with van der Waals surface area (Å²) in [5, 5.41) is 0. The number of halogens is 3. The minimum absolute atomic E-state index is 0.161. The van der Waals surface area contributed by atoms with Gasteiger partial charge in [-0.3, -0.25) is 0 Å². The molecule has 1 aromatic heterocycles. The highest BCUT2D eigenvalue weighted by Crippen LogP contribution is 2.30. The zero-order valence-corrected chi connectivity index (χ0v) is 15.7. The van der Waals surface area contributed by atoms with Crippen LogP contribution < -0.4 is 10.4 Å². The highest BCUT2D eigenvalue weighted by atomic mass is 32.2. The third-order valence-electron chi connectivity index (χ3n) is 4.39. The zero-order valence-electron chi connectivity index (χ0n) is 14.9. The average Bonchev–Trinajstić information content (AvgIpc) is 2.61. The van der Waals surface area contributed by atoms with Crippen molar-refractivity contribution < 1.29 is 30.7 Å². The summed E-state index contributed by atoms with van der Waals surface area (Å²) in [7, 11) is -3.89. The van der Waals surface area contributed by atoms with Crippen LogP contribution in [0.5, 0.6) is 5.75 Å². The Labute approximate surface area is 159 Å². The van der Waals surface area contributed by atoms with E-state index in [2.05, 4.69) is 0 Å². The molecule has 0 saturated carbocycles. The quantitative estimate of drug-likeness (QED) is 0.764. The van der Waals surface area contributed by atoms with Crippen LogP contribution in [0.2, 0.25) is 0 Å². The smallest absolute Gasteiger partial charge is 0.416 e. The van der Waals surface area contributed by atoms with Gasteiger partial charge in [-0.1, -0.05) is 0 Å². The SMILES string of the molecule is Cc1cc(OC2CCN(S(=O)(=O)c3ccc(C(F)(F)F)cc3)CC2)cc(=O)o1. The summed E-state index contributed by atoms with van der Waals surface area (Å²) in [6.07, 6.45) is -4.02. The molecule has 152 valence electrons. The second-order valence-electron chi connectivity index (χ2n) is 6.47. The molecule has 1 aliphatic heterocycles. The lowest BCUT2D eigenvalue weighted by Crippen LogP contribution is -2.41. The Bertz CT molecular complexity index is 991. The Morgan fingerprint density at radius 2 is 1.71 bits per heavy atom. The molecule has 2 heterocycles. The number of sulfonamides is 1. The number of hydrogen-bond acceptors (Lipinski definition) is 5. The van der Waals surface area contributed by atoms with E-state index in [1.54, 1.807) is 13.0 Å². The van der Waals surface area contributed by atoms with Crippen LogP contribution in [-0.2, 0) is 16.2 Å². The summed E-state index contributed by atoms with van der Waals surface area (Å²) in [6.45, 7) is 1.94. The Hall–Kier alpha value is -2.33. The molecule has 0 aliphatic carbocycles. The predicted molar refractivity (Wildman–Crippen MR) is 93.6 cm³/mol. The van der Waals surface area contributed by atoms with Crippen LogP contribution in [0.15, 0.2) is 50.5 Å². The molecule has 0 radical (unpaired) electrons. The summed E-state index contributed by atoms with van der Waals surface area (Å²) in [6, 6.07) is 6.24. The molecule has 3 rings (SSSR count). The van der Waals surface area contributed by atoms with Gasteiger partial charge < -0.3 is 9.15 Å². The van der Waals surface area contributed by atoms with Crippen LogP contribution in [0.25, 0.3) is 0 Å². The van der Waals surface area contributed by atoms with Gasteiger partial charge >= 0.3 is 11.8 Å². The van der Waals surface area contributed by atoms with E-state index in [0.717, 1.165) is 24.3 Å². The topological polar surface area (TPSA) is 76.8 Å². The lowest BCUT2D eigenvalue weighted by Gasteiger charge is -2.31. The van der Waals surface area contributed by atoms with Gasteiger partial charge in [0, 0.05) is 19.2 Å². The number of hydrogen-bond donors (Lipinski definition) is 0. The van der Waals surface area contributed by atoms with Crippen molar-refractivity contribution in [3.05, 3.63) is 58.1 Å². The minimum atomic E-state index is -4.52. The van der Waals surface area contributed by atoms with Crippen LogP contribution in [0.3, 0.4) is 0 Å². The van der Waals surface area contributed by atoms with Crippen LogP contribution in [0.1, 0.15) is 24.2 Å². The Kier molecular flexibility index (Phi) is 5.53. The molecule has 28 heavy (non-hydrogen) atoms. The van der Waals surface area contributed by atoms with E-state index in [4.69, 9.17) is 9.15 Å². The van der Waals surface area contributed by atoms with Crippen LogP contribution >= 0.6 is 0 Å². The van der Waals surface area contributed by atoms with E-state index in [9.17, 15) is 26.4 Å². The fourth-order valence-corrected chi connectivity index (χ4v) is 4.46. The van der Waals surface area contributed by atoms with Gasteiger partial charge in [0.1, 0.15) is 17.6 Å². The van der Waals surface area contributed by atoms with Gasteiger partial charge in [0.2, 0.25) is 10.0 Å². The van der Waals surface area contributed by atoms with Gasteiger partial charge in [-0.05, 0) is 44.0 Å². The molecule has 0 spiro atoms. The van der Waals surface area contributed by atoms with E-state index in [-0.39, 0.29) is 24.1 Å². The maximum atomic E-state index is 12.7. The molecule has 1 aromatic carbocycles. The van der Waals surface area contributed by atoms with Gasteiger partial charge in [-0.15, -0.1) is 0 Å². The maximum absolute atomic E-state index is 12.7. The number of benzene rings is 1. The number of nitrogens with zero attached hydrogens (tertiary/aromatic N) is 1. The van der Waals surface area contributed by atoms with Crippen molar-refractivity contribution in [1.29, 1.82) is 0 Å². The third-order valence-corrected chi connectivity index (χ3v) is 6.30. The molecule has 0 amide bonds. The van der Waals surface area contributed by atoms with Crippen LogP contribution in [0, 0.1) is 6.92 Å². The molecule has 1 fully saturated rings. The fraction of sp³-hybridized carbons (Fsp3) is 0.389. The highest BCUT2D eigenvalue weighted by Gasteiger charge is 2.33. The zero-order chi connectivity index (χ0) is 20.5. The molecule has 1 aliphatic rings. The maximum Gasteiger partial charge on any atom is 0.416 e. The molecule has 10 heteroatoms. The van der Waals surface area contributed by atoms with Crippen molar-refractivity contribution in [2.75, 3.05) is 13.1 Å². The standard InChI is InChI=1S/C18H18F3NO5S/c1-12-10-15(11-17(23)26-12)27-14-6-8-22(9-7-14)28(24,25)16-4-2-13(3-5-16)18(19,20)21/h2-5,10-11,14H,6-9H2,1H3. The van der Waals surface area contributed by atoms with E-state index in [0.29, 0.717) is 24.4 Å². The third kappa shape index (κ3) is 4.56. The van der Waals surface area contributed by atoms with Gasteiger partial charge in [0.25, 0.3) is 0 Å². The van der Waals surface area contributed by atoms with Crippen molar-refractivity contribution in [2.24, 2.45) is 0 Å². The van der Waals surface area contributed by atoms with Crippen molar-refractivity contribution in [3.63, 3.8) is 0 Å². The number of aryl methyl sites for hydroxylation is 1. The number of rotatable bonds is 4. The molecule has 1 saturated heterocycles. The first kappa shape index (κ1) is 20.4. The molecule has 2 aromatic rings. The molecule has 6 nitrogen and oxygen atoms in total. The van der Waals surface area contributed by atoms with E-state index >= 15 is 0 Å². The molecule has 0 bridgehead atoms. The first-order valence-electron chi connectivity index (χ1n) is 8.51. The second-order valence-corrected chi connectivity index (χ2v) is 8.40. The minimum Gasteiger partial charge on any atom is -0.490 e. The Balaban J connectivity index is 1.65. The molecular formula is C18H18F3NO5S. The summed E-state index contributed by atoms with van der Waals surface area (Å²) in [5.74, 6) is 0.766. The summed E-state index contributed by atoms with van der Waals surface area (Å²) in [5.41, 5.74) is -1.43. The first-order chi connectivity index (χ1) is 13.1. The lowest BCUT2D eigenvalue weighted by molar-refractivity contribution is -0.137. The highest BCUT2D eigenvalue weighted by molar-refractivity contribution is 7.89. The first-order valence-corrected chi connectivity index (χ1v) is 9.95. The molecular weight excluding hydrogens is 399 g/mol. The van der Waals surface area contributed by atoms with E-state index in [1.807, 2.05) is 0 Å². The Morgan fingerprint density at radius 3 is 2.25 bits per heavy atom. The van der Waals surface area contributed by atoms with Gasteiger partial charge in [0.05, 0.1) is 16.5 Å². The molecule has 0 N–H and O–H groups in total. The summed E-state index contributed by atoms with van der Waals surface area (Å²) < 4.78 is 75.0.